The van der Waals surface area contributed by atoms with E-state index in [0.717, 1.165) is 16.5 Å². The molecule has 0 N–H and O–H groups in total. The third-order valence-electron chi connectivity index (χ3n) is 2.66. The van der Waals surface area contributed by atoms with Gasteiger partial charge in [-0.2, -0.15) is 0 Å². The van der Waals surface area contributed by atoms with E-state index < -0.39 is 8.81 Å². The Morgan fingerprint density at radius 3 is 2.30 bits per heavy atom. The molecule has 0 aliphatic rings. The van der Waals surface area contributed by atoms with Gasteiger partial charge in [0.2, 0.25) is 0 Å². The van der Waals surface area contributed by atoms with Crippen LogP contribution in [0.25, 0.3) is 10.9 Å². The fraction of sp³-hybridized carbons (Fsp3) is 0.333. The maximum atomic E-state index is 12.5. The molecule has 2 rings (SSSR count). The first-order valence-electron chi connectivity index (χ1n) is 5.75. The first-order chi connectivity index (χ1) is 9.22. The molecule has 0 amide bonds. The van der Waals surface area contributed by atoms with Gasteiger partial charge in [0.05, 0.1) is 10.9 Å². The summed E-state index contributed by atoms with van der Waals surface area (Å²) in [4.78, 5) is 24.8. The number of alkyl halides is 3. The lowest BCUT2D eigenvalue weighted by atomic mass is 10.2. The second-order valence-electron chi connectivity index (χ2n) is 4.40. The van der Waals surface area contributed by atoms with E-state index in [2.05, 4.69) is 0 Å². The van der Waals surface area contributed by atoms with Crippen molar-refractivity contribution in [1.82, 2.24) is 8.54 Å². The van der Waals surface area contributed by atoms with Crippen molar-refractivity contribution < 1.29 is 0 Å². The number of rotatable bonds is 2. The van der Waals surface area contributed by atoms with E-state index in [1.165, 1.54) is 3.97 Å². The Kier molecular flexibility index (Phi) is 4.44. The third kappa shape index (κ3) is 3.01. The van der Waals surface area contributed by atoms with Crippen LogP contribution in [-0.2, 0) is 0 Å². The van der Waals surface area contributed by atoms with Gasteiger partial charge in [-0.3, -0.25) is 9.36 Å². The lowest BCUT2D eigenvalue weighted by Crippen LogP contribution is -2.40. The van der Waals surface area contributed by atoms with Crippen LogP contribution in [0.4, 0.5) is 0 Å². The zero-order valence-corrected chi connectivity index (χ0v) is 13.7. The summed E-state index contributed by atoms with van der Waals surface area (Å²) in [6, 6.07) is 6.44. The van der Waals surface area contributed by atoms with Gasteiger partial charge in [-0.25, -0.2) is 8.77 Å². The molecule has 20 heavy (non-hydrogen) atoms. The quantitative estimate of drug-likeness (QED) is 0.775. The summed E-state index contributed by atoms with van der Waals surface area (Å²) < 4.78 is 0.682. The molecule has 0 saturated heterocycles. The van der Waals surface area contributed by atoms with E-state index in [-0.39, 0.29) is 11.6 Å². The molecule has 2 aromatic rings. The maximum Gasteiger partial charge on any atom is 0.342 e. The lowest BCUT2D eigenvalue weighted by Gasteiger charge is -2.17. The van der Waals surface area contributed by atoms with Gasteiger partial charge in [-0.05, 0) is 26.0 Å². The van der Waals surface area contributed by atoms with E-state index in [1.807, 2.05) is 0 Å². The van der Waals surface area contributed by atoms with Crippen molar-refractivity contribution in [2.24, 2.45) is 0 Å². The van der Waals surface area contributed by atoms with Gasteiger partial charge in [-0.15, -0.1) is 0 Å². The Balaban J connectivity index is 2.92. The van der Waals surface area contributed by atoms with Crippen LogP contribution in [0.5, 0.6) is 0 Å². The molecule has 8 heteroatoms. The number of hydrogen-bond donors (Lipinski definition) is 0. The van der Waals surface area contributed by atoms with E-state index in [9.17, 15) is 9.59 Å². The Morgan fingerprint density at radius 2 is 1.75 bits per heavy atom. The number of halogens is 3. The van der Waals surface area contributed by atoms with Crippen molar-refractivity contribution >= 4 is 57.7 Å². The predicted octanol–water partition coefficient (Wildman–Crippen LogP) is 3.57. The SMILES string of the molecule is CC(C)n1c(=O)c2ccccc2n(SC(Cl)(Cl)Cl)c1=O. The molecular formula is C12H11Cl3N2O2S. The highest BCUT2D eigenvalue weighted by atomic mass is 35.6. The highest BCUT2D eigenvalue weighted by Gasteiger charge is 2.25. The average Bonchev–Trinajstić information content (AvgIpc) is 2.33. The molecule has 0 radical (unpaired) electrons. The number of para-hydroxylation sites is 1. The zero-order chi connectivity index (χ0) is 15.1. The van der Waals surface area contributed by atoms with Crippen molar-refractivity contribution in [1.29, 1.82) is 0 Å². The molecule has 0 aliphatic heterocycles. The molecule has 0 unspecified atom stereocenters. The number of hydrogen-bond acceptors (Lipinski definition) is 3. The molecule has 1 aromatic heterocycles. The summed E-state index contributed by atoms with van der Waals surface area (Å²) in [6.07, 6.45) is 0. The van der Waals surface area contributed by atoms with Crippen LogP contribution in [-0.4, -0.2) is 11.7 Å². The Hall–Kier alpha value is -0.620. The average molecular weight is 354 g/mol. The fourth-order valence-electron chi connectivity index (χ4n) is 1.90. The van der Waals surface area contributed by atoms with Gasteiger partial charge in [0, 0.05) is 18.0 Å². The molecule has 0 bridgehead atoms. The lowest BCUT2D eigenvalue weighted by molar-refractivity contribution is 0.548. The molecule has 0 atom stereocenters. The van der Waals surface area contributed by atoms with Gasteiger partial charge < -0.3 is 0 Å². The van der Waals surface area contributed by atoms with Crippen LogP contribution in [0.1, 0.15) is 19.9 Å². The molecule has 0 saturated carbocycles. The van der Waals surface area contributed by atoms with Crippen LogP contribution in [0.3, 0.4) is 0 Å². The molecule has 108 valence electrons. The van der Waals surface area contributed by atoms with Crippen molar-refractivity contribution in [3.63, 3.8) is 0 Å². The largest absolute Gasteiger partial charge is 0.342 e. The third-order valence-corrected chi connectivity index (χ3v) is 4.03. The zero-order valence-electron chi connectivity index (χ0n) is 10.6. The minimum Gasteiger partial charge on any atom is -0.268 e. The highest BCUT2D eigenvalue weighted by Crippen LogP contribution is 2.39. The summed E-state index contributed by atoms with van der Waals surface area (Å²) >= 11 is 18.0. The van der Waals surface area contributed by atoms with Crippen LogP contribution in [0.2, 0.25) is 0 Å². The van der Waals surface area contributed by atoms with Crippen LogP contribution in [0.15, 0.2) is 33.9 Å². The van der Waals surface area contributed by atoms with Gasteiger partial charge in [0.15, 0.2) is 0 Å². The normalized spacial score (nSPS) is 12.3. The summed E-state index contributed by atoms with van der Waals surface area (Å²) in [6.45, 7) is 3.50. The second-order valence-corrected chi connectivity index (χ2v) is 8.51. The van der Waals surface area contributed by atoms with Crippen molar-refractivity contribution in [2.45, 2.75) is 23.0 Å². The predicted molar refractivity (Wildman–Crippen MR) is 86.1 cm³/mol. The number of fused-ring (bicyclic) bond motifs is 1. The summed E-state index contributed by atoms with van der Waals surface area (Å²) in [5, 5.41) is 0.405. The molecule has 0 fully saturated rings. The first kappa shape index (κ1) is 15.8. The van der Waals surface area contributed by atoms with Gasteiger partial charge in [-0.1, -0.05) is 46.9 Å². The molecule has 1 aromatic carbocycles. The monoisotopic (exact) mass is 352 g/mol. The molecule has 1 heterocycles. The van der Waals surface area contributed by atoms with Gasteiger partial charge >= 0.3 is 5.69 Å². The van der Waals surface area contributed by atoms with Crippen molar-refractivity contribution in [2.75, 3.05) is 0 Å². The number of aromatic nitrogens is 2. The number of nitrogens with zero attached hydrogens (tertiary/aromatic N) is 2. The topological polar surface area (TPSA) is 44.0 Å². The Morgan fingerprint density at radius 1 is 1.15 bits per heavy atom. The first-order valence-corrected chi connectivity index (χ1v) is 7.65. The highest BCUT2D eigenvalue weighted by molar-refractivity contribution is 8.03. The van der Waals surface area contributed by atoms with Crippen LogP contribution >= 0.6 is 46.8 Å². The second kappa shape index (κ2) is 5.64. The molecular weight excluding hydrogens is 343 g/mol. The summed E-state index contributed by atoms with van der Waals surface area (Å²) in [5.41, 5.74) is -0.433. The van der Waals surface area contributed by atoms with E-state index in [4.69, 9.17) is 34.8 Å². The van der Waals surface area contributed by atoms with Crippen LogP contribution in [0, 0.1) is 0 Å². The summed E-state index contributed by atoms with van der Waals surface area (Å²) in [5.74, 6) is 0. The molecule has 0 aliphatic carbocycles. The minimum absolute atomic E-state index is 0.290. The summed E-state index contributed by atoms with van der Waals surface area (Å²) in [7, 11) is 0. The van der Waals surface area contributed by atoms with E-state index in [1.54, 1.807) is 38.1 Å². The minimum atomic E-state index is -1.70. The van der Waals surface area contributed by atoms with Crippen molar-refractivity contribution in [3.05, 3.63) is 45.1 Å². The van der Waals surface area contributed by atoms with Gasteiger partial charge in [0.1, 0.15) is 0 Å². The van der Waals surface area contributed by atoms with Gasteiger partial charge in [0.25, 0.3) is 8.68 Å². The Bertz CT molecular complexity index is 762. The standard InChI is InChI=1S/C12H11Cl3N2O2S/c1-7(2)16-10(18)8-5-3-4-6-9(8)17(11(16)19)20-12(13,14)15/h3-7H,1-2H3. The maximum absolute atomic E-state index is 12.5. The van der Waals surface area contributed by atoms with E-state index >= 15 is 0 Å². The van der Waals surface area contributed by atoms with E-state index in [0.29, 0.717) is 10.9 Å². The smallest absolute Gasteiger partial charge is 0.268 e. The fourth-order valence-corrected chi connectivity index (χ4v) is 3.15. The van der Waals surface area contributed by atoms with Crippen molar-refractivity contribution in [3.8, 4) is 0 Å². The van der Waals surface area contributed by atoms with Crippen LogP contribution < -0.4 is 11.2 Å². The Labute approximate surface area is 134 Å². The molecule has 0 spiro atoms. The number of benzene rings is 1. The molecule has 4 nitrogen and oxygen atoms in total.